The molecule has 0 saturated heterocycles. The van der Waals surface area contributed by atoms with Crippen molar-refractivity contribution in [3.05, 3.63) is 21.3 Å². The quantitative estimate of drug-likeness (QED) is 0.813. The molecule has 0 aliphatic rings. The van der Waals surface area contributed by atoms with Crippen molar-refractivity contribution < 1.29 is 13.9 Å². The molecule has 0 aliphatic heterocycles. The molecule has 0 aromatic carbocycles. The predicted octanol–water partition coefficient (Wildman–Crippen LogP) is 3.14. The van der Waals surface area contributed by atoms with Gasteiger partial charge in [-0.1, -0.05) is 11.6 Å². The third-order valence-corrected chi connectivity index (χ3v) is 3.11. The number of hydrogen-bond acceptors (Lipinski definition) is 2. The number of alkyl halides is 3. The molecule has 0 radical (unpaired) electrons. The van der Waals surface area contributed by atoms with Crippen LogP contribution in [0, 0.1) is 0 Å². The van der Waals surface area contributed by atoms with Gasteiger partial charge in [0.15, 0.2) is 0 Å². The van der Waals surface area contributed by atoms with Crippen LogP contribution in [0.1, 0.15) is 4.88 Å². The van der Waals surface area contributed by atoms with Gasteiger partial charge in [-0.25, -0.2) is 0 Å². The highest BCUT2D eigenvalue weighted by molar-refractivity contribution is 7.10. The van der Waals surface area contributed by atoms with Crippen LogP contribution >= 0.6 is 34.5 Å². The molecule has 0 fully saturated rings. The molecule has 1 aromatic rings. The van der Waals surface area contributed by atoms with Crippen molar-refractivity contribution in [2.45, 2.75) is 17.9 Å². The first-order chi connectivity index (χ1) is 5.91. The van der Waals surface area contributed by atoms with Crippen molar-refractivity contribution in [1.82, 2.24) is 0 Å². The summed E-state index contributed by atoms with van der Waals surface area (Å²) < 4.78 is 24.6. The van der Waals surface area contributed by atoms with Crippen LogP contribution in [-0.4, -0.2) is 16.6 Å². The average Bonchev–Trinajstić information content (AvgIpc) is 2.34. The van der Waals surface area contributed by atoms with E-state index in [0.717, 1.165) is 0 Å². The fraction of sp³-hybridized carbons (Fsp3) is 0.429. The van der Waals surface area contributed by atoms with Crippen LogP contribution in [0.3, 0.4) is 0 Å². The Hall–Kier alpha value is 0.1000. The molecule has 1 atom stereocenters. The number of halogens is 4. The number of aliphatic hydroxyl groups excluding tert-OH is 1. The summed E-state index contributed by atoms with van der Waals surface area (Å²) in [5.74, 6) is 0. The smallest absolute Gasteiger partial charge is 0.347 e. The van der Waals surface area contributed by atoms with Crippen molar-refractivity contribution in [3.8, 4) is 0 Å². The van der Waals surface area contributed by atoms with Gasteiger partial charge in [0.1, 0.15) is 6.10 Å². The lowest BCUT2D eigenvalue weighted by Gasteiger charge is -2.14. The van der Waals surface area contributed by atoms with E-state index >= 15 is 0 Å². The third kappa shape index (κ3) is 3.06. The fourth-order valence-corrected chi connectivity index (χ4v) is 1.99. The molecule has 0 saturated carbocycles. The minimum absolute atomic E-state index is 0.229. The molecule has 6 heteroatoms. The van der Waals surface area contributed by atoms with Gasteiger partial charge in [-0.2, -0.15) is 8.78 Å². The van der Waals surface area contributed by atoms with Gasteiger partial charge in [-0.05, 0) is 23.0 Å². The lowest BCUT2D eigenvalue weighted by Crippen LogP contribution is -2.29. The standard InChI is InChI=1S/C7H6Cl2F2OS/c8-4-1-2-13-5(4)3-6(12)7(9,10)11/h1-2,6,12H,3H2. The van der Waals surface area contributed by atoms with Crippen LogP contribution in [0.2, 0.25) is 5.02 Å². The molecule has 0 amide bonds. The zero-order chi connectivity index (χ0) is 10.1. The zero-order valence-electron chi connectivity index (χ0n) is 6.31. The van der Waals surface area contributed by atoms with Crippen molar-refractivity contribution in [3.63, 3.8) is 0 Å². The van der Waals surface area contributed by atoms with E-state index in [2.05, 4.69) is 11.6 Å². The van der Waals surface area contributed by atoms with E-state index in [0.29, 0.717) is 9.90 Å². The molecule has 0 bridgehead atoms. The third-order valence-electron chi connectivity index (χ3n) is 1.45. The average molecular weight is 247 g/mol. The Balaban J connectivity index is 2.65. The summed E-state index contributed by atoms with van der Waals surface area (Å²) >= 11 is 11.5. The maximum atomic E-state index is 12.3. The summed E-state index contributed by atoms with van der Waals surface area (Å²) in [4.78, 5) is 0.509. The van der Waals surface area contributed by atoms with E-state index in [9.17, 15) is 8.78 Å². The van der Waals surface area contributed by atoms with Crippen LogP contribution in [0.4, 0.5) is 8.78 Å². The highest BCUT2D eigenvalue weighted by Crippen LogP contribution is 2.30. The Bertz CT molecular complexity index is 284. The Labute approximate surface area is 87.9 Å². The van der Waals surface area contributed by atoms with E-state index in [1.54, 1.807) is 11.4 Å². The van der Waals surface area contributed by atoms with Gasteiger partial charge in [-0.3, -0.25) is 0 Å². The monoisotopic (exact) mass is 246 g/mol. The molecule has 74 valence electrons. The highest BCUT2D eigenvalue weighted by atomic mass is 35.5. The lowest BCUT2D eigenvalue weighted by atomic mass is 10.2. The number of rotatable bonds is 3. The summed E-state index contributed by atoms with van der Waals surface area (Å²) in [6.45, 7) is 0. The van der Waals surface area contributed by atoms with Gasteiger partial charge >= 0.3 is 5.38 Å². The van der Waals surface area contributed by atoms with E-state index < -0.39 is 11.5 Å². The van der Waals surface area contributed by atoms with Gasteiger partial charge < -0.3 is 5.11 Å². The number of thiophene rings is 1. The normalized spacial score (nSPS) is 14.5. The summed E-state index contributed by atoms with van der Waals surface area (Å²) in [5.41, 5.74) is 0. The molecule has 0 aliphatic carbocycles. The molecule has 1 nitrogen and oxygen atoms in total. The summed E-state index contributed by atoms with van der Waals surface area (Å²) in [6, 6.07) is 1.58. The Kier molecular flexibility index (Phi) is 3.51. The van der Waals surface area contributed by atoms with Gasteiger partial charge in [0.2, 0.25) is 0 Å². The first-order valence-corrected chi connectivity index (χ1v) is 5.01. The van der Waals surface area contributed by atoms with Gasteiger partial charge in [0.25, 0.3) is 0 Å². The molecular formula is C7H6Cl2F2OS. The molecule has 1 rings (SSSR count). The Morgan fingerprint density at radius 3 is 2.62 bits per heavy atom. The van der Waals surface area contributed by atoms with Crippen molar-refractivity contribution in [2.75, 3.05) is 0 Å². The van der Waals surface area contributed by atoms with Gasteiger partial charge in [-0.15, -0.1) is 11.3 Å². The van der Waals surface area contributed by atoms with Crippen LogP contribution < -0.4 is 0 Å². The summed E-state index contributed by atoms with van der Waals surface area (Å²) in [5, 5.41) is 7.39. The second-order valence-electron chi connectivity index (χ2n) is 2.45. The minimum atomic E-state index is -3.60. The minimum Gasteiger partial charge on any atom is -0.385 e. The van der Waals surface area contributed by atoms with E-state index in [4.69, 9.17) is 16.7 Å². The van der Waals surface area contributed by atoms with Crippen LogP contribution in [0.25, 0.3) is 0 Å². The second-order valence-corrected chi connectivity index (χ2v) is 4.37. The zero-order valence-corrected chi connectivity index (χ0v) is 8.63. The molecule has 13 heavy (non-hydrogen) atoms. The van der Waals surface area contributed by atoms with Crippen molar-refractivity contribution >= 4 is 34.5 Å². The van der Waals surface area contributed by atoms with Crippen LogP contribution in [0.15, 0.2) is 11.4 Å². The lowest BCUT2D eigenvalue weighted by molar-refractivity contribution is -0.0393. The van der Waals surface area contributed by atoms with Crippen molar-refractivity contribution in [1.29, 1.82) is 0 Å². The first-order valence-electron chi connectivity index (χ1n) is 3.38. The highest BCUT2D eigenvalue weighted by Gasteiger charge is 2.36. The molecule has 0 spiro atoms. The van der Waals surface area contributed by atoms with Crippen LogP contribution in [-0.2, 0) is 6.42 Å². The Morgan fingerprint density at radius 1 is 1.62 bits per heavy atom. The molecule has 1 unspecified atom stereocenters. The first kappa shape index (κ1) is 11.2. The molecule has 1 heterocycles. The maximum absolute atomic E-state index is 12.3. The van der Waals surface area contributed by atoms with Crippen LogP contribution in [0.5, 0.6) is 0 Å². The second kappa shape index (κ2) is 4.09. The Morgan fingerprint density at radius 2 is 2.23 bits per heavy atom. The van der Waals surface area contributed by atoms with Crippen molar-refractivity contribution in [2.24, 2.45) is 0 Å². The number of aliphatic hydroxyl groups is 1. The van der Waals surface area contributed by atoms with Gasteiger partial charge in [0.05, 0.1) is 5.02 Å². The maximum Gasteiger partial charge on any atom is 0.347 e. The van der Waals surface area contributed by atoms with E-state index in [-0.39, 0.29) is 6.42 Å². The number of hydrogen-bond donors (Lipinski definition) is 1. The summed E-state index contributed by atoms with van der Waals surface area (Å²) in [7, 11) is 0. The molecule has 1 aromatic heterocycles. The summed E-state index contributed by atoms with van der Waals surface area (Å²) in [6.07, 6.45) is -2.13. The van der Waals surface area contributed by atoms with E-state index in [1.165, 1.54) is 11.3 Å². The molecule has 1 N–H and O–H groups in total. The molecular weight excluding hydrogens is 241 g/mol. The fourth-order valence-electron chi connectivity index (χ4n) is 0.762. The topological polar surface area (TPSA) is 20.2 Å². The largest absolute Gasteiger partial charge is 0.385 e. The van der Waals surface area contributed by atoms with E-state index in [1.807, 2.05) is 0 Å². The van der Waals surface area contributed by atoms with Gasteiger partial charge in [0, 0.05) is 11.3 Å². The SMILES string of the molecule is OC(Cc1sccc1Cl)C(F)(F)Cl. The predicted molar refractivity (Wildman–Crippen MR) is 49.8 cm³/mol.